The number of fused-ring (bicyclic) bond motifs is 1. The smallest absolute Gasteiger partial charge is 0.250 e. The molecule has 0 aliphatic heterocycles. The number of amides is 1. The second-order valence-electron chi connectivity index (χ2n) is 7.87. The third kappa shape index (κ3) is 6.27. The third-order valence-electron chi connectivity index (χ3n) is 5.61. The highest BCUT2D eigenvalue weighted by molar-refractivity contribution is 8.06. The molecule has 0 aromatic carbocycles. The van der Waals surface area contributed by atoms with E-state index >= 15 is 0 Å². The molecular formula is C28H34N2OS. The average Bonchev–Trinajstić information content (AvgIpc) is 2.95. The number of rotatable bonds is 9. The first-order valence-corrected chi connectivity index (χ1v) is 11.6. The molecule has 1 amide bonds. The van der Waals surface area contributed by atoms with Crippen LogP contribution in [0.15, 0.2) is 118 Å². The zero-order valence-corrected chi connectivity index (χ0v) is 20.4. The first kappa shape index (κ1) is 25.3. The predicted molar refractivity (Wildman–Crippen MR) is 141 cm³/mol. The molecule has 4 heteroatoms. The highest BCUT2D eigenvalue weighted by atomic mass is 32.2. The number of allylic oxidation sites excluding steroid dienone is 10. The molecule has 0 fully saturated rings. The molecule has 3 nitrogen and oxygen atoms in total. The maximum atomic E-state index is 11.7. The standard InChI is InChI=1S/C28H34N2OS/c1-8-22(14-13-20(4)27(31)29-7)26(9-2)30-25-12-11-16-28(6)17-15-23(18-24(28)19-25)21(5)32-10-3/h8-11,13-16,18-19,30H,3-5,12,17H2,1-2,6-7H3,(H,29,31)/b14-13-,22-8+,26-9-. The first-order chi connectivity index (χ1) is 15.3. The number of carbonyl (C=O) groups excluding carboxylic acids is 1. The summed E-state index contributed by atoms with van der Waals surface area (Å²) in [4.78, 5) is 12.7. The van der Waals surface area contributed by atoms with E-state index in [4.69, 9.17) is 0 Å². The van der Waals surface area contributed by atoms with E-state index in [1.807, 2.05) is 37.5 Å². The number of hydrogen-bond donors (Lipinski definition) is 2. The van der Waals surface area contributed by atoms with Crippen LogP contribution in [-0.2, 0) is 4.79 Å². The molecule has 0 bridgehead atoms. The van der Waals surface area contributed by atoms with Crippen LogP contribution in [0.5, 0.6) is 0 Å². The van der Waals surface area contributed by atoms with Crippen LogP contribution in [0.25, 0.3) is 0 Å². The van der Waals surface area contributed by atoms with Crippen molar-refractivity contribution in [1.82, 2.24) is 10.6 Å². The van der Waals surface area contributed by atoms with Gasteiger partial charge in [0.25, 0.3) is 0 Å². The fourth-order valence-electron chi connectivity index (χ4n) is 3.60. The zero-order valence-electron chi connectivity index (χ0n) is 19.6. The van der Waals surface area contributed by atoms with E-state index in [-0.39, 0.29) is 11.3 Å². The van der Waals surface area contributed by atoms with Crippen LogP contribution in [0.4, 0.5) is 0 Å². The minimum atomic E-state index is -0.188. The van der Waals surface area contributed by atoms with E-state index < -0.39 is 0 Å². The van der Waals surface area contributed by atoms with Gasteiger partial charge in [0.15, 0.2) is 0 Å². The van der Waals surface area contributed by atoms with Crippen molar-refractivity contribution in [3.8, 4) is 0 Å². The molecule has 0 aromatic rings. The summed E-state index contributed by atoms with van der Waals surface area (Å²) in [6.07, 6.45) is 20.7. The first-order valence-electron chi connectivity index (χ1n) is 10.7. The van der Waals surface area contributed by atoms with Gasteiger partial charge in [-0.05, 0) is 54.5 Å². The number of carbonyl (C=O) groups is 1. The summed E-state index contributed by atoms with van der Waals surface area (Å²) >= 11 is 1.56. The molecule has 0 heterocycles. The largest absolute Gasteiger partial charge is 0.358 e. The Morgan fingerprint density at radius 2 is 1.94 bits per heavy atom. The van der Waals surface area contributed by atoms with Crippen molar-refractivity contribution in [1.29, 1.82) is 0 Å². The zero-order chi connectivity index (χ0) is 23.7. The molecule has 32 heavy (non-hydrogen) atoms. The Kier molecular flexibility index (Phi) is 9.15. The number of likely N-dealkylation sites (N-methyl/N-ethyl adjacent to an activating group) is 1. The van der Waals surface area contributed by atoms with Crippen LogP contribution in [0, 0.1) is 5.41 Å². The van der Waals surface area contributed by atoms with Crippen molar-refractivity contribution >= 4 is 17.7 Å². The molecule has 0 radical (unpaired) electrons. The number of nitrogens with one attached hydrogen (secondary N) is 2. The Morgan fingerprint density at radius 1 is 1.19 bits per heavy atom. The van der Waals surface area contributed by atoms with E-state index in [1.165, 1.54) is 5.57 Å². The van der Waals surface area contributed by atoms with Gasteiger partial charge >= 0.3 is 0 Å². The van der Waals surface area contributed by atoms with Gasteiger partial charge < -0.3 is 10.6 Å². The summed E-state index contributed by atoms with van der Waals surface area (Å²) in [6.45, 7) is 18.1. The van der Waals surface area contributed by atoms with Gasteiger partial charge in [-0.3, -0.25) is 4.79 Å². The molecule has 2 N–H and O–H groups in total. The van der Waals surface area contributed by atoms with Gasteiger partial charge in [0.2, 0.25) is 5.91 Å². The van der Waals surface area contributed by atoms with Gasteiger partial charge in [-0.1, -0.05) is 81.0 Å². The fourth-order valence-corrected chi connectivity index (χ4v) is 4.08. The summed E-state index contributed by atoms with van der Waals surface area (Å²) < 4.78 is 0. The van der Waals surface area contributed by atoms with E-state index in [2.05, 4.69) is 67.7 Å². The summed E-state index contributed by atoms with van der Waals surface area (Å²) in [5.74, 6) is -0.188. The highest BCUT2D eigenvalue weighted by Crippen LogP contribution is 2.43. The number of hydrogen-bond acceptors (Lipinski definition) is 3. The second kappa shape index (κ2) is 11.6. The SMILES string of the molecule is C=CSC(=C)C1=CCC2(C)C=CCC(NC(=C\C)/C(/C=C\C(=C)C(=O)NC)=C/C)=CC2=C1. The molecule has 1 atom stereocenters. The minimum Gasteiger partial charge on any atom is -0.358 e. The van der Waals surface area contributed by atoms with E-state index in [9.17, 15) is 4.79 Å². The van der Waals surface area contributed by atoms with Crippen LogP contribution in [0.2, 0.25) is 0 Å². The number of thioether (sulfide) groups is 1. The lowest BCUT2D eigenvalue weighted by Crippen LogP contribution is -2.19. The quantitative estimate of drug-likeness (QED) is 0.233. The van der Waals surface area contributed by atoms with E-state index in [1.54, 1.807) is 24.9 Å². The molecule has 2 aliphatic rings. The van der Waals surface area contributed by atoms with Crippen molar-refractivity contribution in [2.45, 2.75) is 33.6 Å². The summed E-state index contributed by atoms with van der Waals surface area (Å²) in [6, 6.07) is 0. The topological polar surface area (TPSA) is 41.1 Å². The monoisotopic (exact) mass is 446 g/mol. The average molecular weight is 447 g/mol. The van der Waals surface area contributed by atoms with Gasteiger partial charge in [0, 0.05) is 40.8 Å². The maximum Gasteiger partial charge on any atom is 0.250 e. The molecule has 0 aromatic heterocycles. The van der Waals surface area contributed by atoms with Crippen LogP contribution < -0.4 is 10.6 Å². The van der Waals surface area contributed by atoms with Crippen LogP contribution in [-0.4, -0.2) is 13.0 Å². The molecule has 0 saturated carbocycles. The minimum absolute atomic E-state index is 0.0310. The lowest BCUT2D eigenvalue weighted by atomic mass is 9.75. The Bertz CT molecular complexity index is 1010. The molecule has 168 valence electrons. The van der Waals surface area contributed by atoms with Crippen molar-refractivity contribution in [3.05, 3.63) is 118 Å². The van der Waals surface area contributed by atoms with Crippen molar-refractivity contribution in [3.63, 3.8) is 0 Å². The Labute approximate surface area is 197 Å². The van der Waals surface area contributed by atoms with Gasteiger partial charge in [0.05, 0.1) is 0 Å². The summed E-state index contributed by atoms with van der Waals surface area (Å²) in [5, 5.41) is 8.01. The molecule has 1 unspecified atom stereocenters. The Morgan fingerprint density at radius 3 is 2.56 bits per heavy atom. The van der Waals surface area contributed by atoms with Crippen molar-refractivity contribution in [2.24, 2.45) is 5.41 Å². The summed E-state index contributed by atoms with van der Waals surface area (Å²) in [7, 11) is 1.60. The van der Waals surface area contributed by atoms with Crippen LogP contribution >= 0.6 is 11.8 Å². The normalized spacial score (nSPS) is 21.1. The van der Waals surface area contributed by atoms with Crippen molar-refractivity contribution in [2.75, 3.05) is 7.05 Å². The van der Waals surface area contributed by atoms with Crippen LogP contribution in [0.3, 0.4) is 0 Å². The lowest BCUT2D eigenvalue weighted by Gasteiger charge is -2.30. The highest BCUT2D eigenvalue weighted by Gasteiger charge is 2.29. The molecule has 2 aliphatic carbocycles. The van der Waals surface area contributed by atoms with Gasteiger partial charge in [-0.2, -0.15) is 0 Å². The van der Waals surface area contributed by atoms with Gasteiger partial charge in [-0.25, -0.2) is 0 Å². The molecule has 0 spiro atoms. The van der Waals surface area contributed by atoms with Gasteiger partial charge in [-0.15, -0.1) is 0 Å². The van der Waals surface area contributed by atoms with Gasteiger partial charge in [0.1, 0.15) is 0 Å². The lowest BCUT2D eigenvalue weighted by molar-refractivity contribution is -0.116. The fraction of sp³-hybridized carbons (Fsp3) is 0.250. The summed E-state index contributed by atoms with van der Waals surface area (Å²) in [5.41, 5.74) is 5.89. The van der Waals surface area contributed by atoms with Crippen molar-refractivity contribution < 1.29 is 4.79 Å². The maximum absolute atomic E-state index is 11.7. The third-order valence-corrected chi connectivity index (χ3v) is 6.29. The van der Waals surface area contributed by atoms with Crippen LogP contribution in [0.1, 0.15) is 33.6 Å². The predicted octanol–water partition coefficient (Wildman–Crippen LogP) is 6.78. The molecule has 2 rings (SSSR count). The Hall–Kier alpha value is -2.98. The molecule has 0 saturated heterocycles. The molecular weight excluding hydrogens is 412 g/mol. The second-order valence-corrected chi connectivity index (χ2v) is 8.94. The van der Waals surface area contributed by atoms with E-state index in [0.29, 0.717) is 5.57 Å². The van der Waals surface area contributed by atoms with E-state index in [0.717, 1.165) is 40.3 Å². The Balaban J connectivity index is 2.30.